The number of H-pyrrole nitrogens is 1. The molecule has 0 atom stereocenters. The summed E-state index contributed by atoms with van der Waals surface area (Å²) in [6.07, 6.45) is 4.09. The summed E-state index contributed by atoms with van der Waals surface area (Å²) in [7, 11) is 0. The molecular formula is C6H9N3. The highest BCUT2D eigenvalue weighted by Gasteiger charge is 1.92. The fraction of sp³-hybridized carbons (Fsp3) is 0.167. The normalized spacial score (nSPS) is 9.33. The quantitative estimate of drug-likeness (QED) is 0.599. The molecule has 0 aromatic carbocycles. The van der Waals surface area contributed by atoms with Crippen LogP contribution in [0.1, 0.15) is 5.82 Å². The Labute approximate surface area is 53.6 Å². The van der Waals surface area contributed by atoms with Gasteiger partial charge in [-0.25, -0.2) is 4.98 Å². The zero-order valence-electron chi connectivity index (χ0n) is 5.09. The van der Waals surface area contributed by atoms with E-state index in [1.165, 1.54) is 0 Å². The average Bonchev–Trinajstić information content (AvgIpc) is 2.15. The molecule has 0 radical (unpaired) electrons. The maximum absolute atomic E-state index is 5.33. The van der Waals surface area contributed by atoms with Crippen molar-refractivity contribution in [1.29, 1.82) is 0 Å². The molecule has 9 heavy (non-hydrogen) atoms. The molecule has 0 aliphatic heterocycles. The van der Waals surface area contributed by atoms with Crippen molar-refractivity contribution in [3.05, 3.63) is 30.5 Å². The van der Waals surface area contributed by atoms with E-state index in [1.54, 1.807) is 12.4 Å². The van der Waals surface area contributed by atoms with E-state index in [0.717, 1.165) is 5.82 Å². The van der Waals surface area contributed by atoms with Crippen LogP contribution in [-0.4, -0.2) is 9.97 Å². The molecule has 0 aliphatic carbocycles. The summed E-state index contributed by atoms with van der Waals surface area (Å²) in [5, 5.41) is 0. The number of hydrogen-bond acceptors (Lipinski definition) is 2. The molecule has 48 valence electrons. The molecule has 0 saturated carbocycles. The van der Waals surface area contributed by atoms with E-state index >= 15 is 0 Å². The Hall–Kier alpha value is -1.25. The minimum Gasteiger partial charge on any atom is -0.402 e. The topological polar surface area (TPSA) is 54.7 Å². The molecule has 0 unspecified atom stereocenters. The van der Waals surface area contributed by atoms with Crippen molar-refractivity contribution in [3.8, 4) is 0 Å². The van der Waals surface area contributed by atoms with Gasteiger partial charge in [-0.2, -0.15) is 0 Å². The summed E-state index contributed by atoms with van der Waals surface area (Å²) in [6.45, 7) is 3.55. The van der Waals surface area contributed by atoms with Crippen LogP contribution < -0.4 is 5.73 Å². The van der Waals surface area contributed by atoms with Crippen LogP contribution in [0.2, 0.25) is 0 Å². The third-order valence-electron chi connectivity index (χ3n) is 0.949. The van der Waals surface area contributed by atoms with Crippen LogP contribution in [0.25, 0.3) is 0 Å². The van der Waals surface area contributed by atoms with Gasteiger partial charge in [-0.3, -0.25) is 0 Å². The Morgan fingerprint density at radius 2 is 2.67 bits per heavy atom. The number of rotatable bonds is 2. The average molecular weight is 123 g/mol. The van der Waals surface area contributed by atoms with Gasteiger partial charge in [0.1, 0.15) is 5.82 Å². The molecule has 1 aromatic heterocycles. The first-order chi connectivity index (χ1) is 4.29. The lowest BCUT2D eigenvalue weighted by atomic mass is 10.3. The first-order valence-electron chi connectivity index (χ1n) is 2.70. The van der Waals surface area contributed by atoms with Crippen molar-refractivity contribution < 1.29 is 0 Å². The van der Waals surface area contributed by atoms with Gasteiger partial charge in [0, 0.05) is 24.5 Å². The van der Waals surface area contributed by atoms with Gasteiger partial charge in [0.25, 0.3) is 0 Å². The summed E-state index contributed by atoms with van der Waals surface area (Å²) in [6, 6.07) is 0. The number of aromatic nitrogens is 2. The molecule has 0 amide bonds. The first kappa shape index (κ1) is 5.88. The standard InChI is InChI=1S/C6H9N3/c1-5(7)4-6-8-2-3-9-6/h2-3H,1,4,7H2,(H,8,9). The predicted molar refractivity (Wildman–Crippen MR) is 35.6 cm³/mol. The summed E-state index contributed by atoms with van der Waals surface area (Å²) in [4.78, 5) is 6.88. The van der Waals surface area contributed by atoms with Gasteiger partial charge in [0.05, 0.1) is 0 Å². The lowest BCUT2D eigenvalue weighted by Gasteiger charge is -1.91. The minimum atomic E-state index is 0.630. The molecule has 1 heterocycles. The number of nitrogens with two attached hydrogens (primary N) is 1. The molecule has 3 heteroatoms. The Morgan fingerprint density at radius 3 is 3.11 bits per heavy atom. The fourth-order valence-corrected chi connectivity index (χ4v) is 0.610. The number of allylic oxidation sites excluding steroid dienone is 1. The van der Waals surface area contributed by atoms with Crippen LogP contribution >= 0.6 is 0 Å². The third kappa shape index (κ3) is 1.60. The van der Waals surface area contributed by atoms with Crippen LogP contribution in [-0.2, 0) is 6.42 Å². The molecule has 1 aromatic rings. The number of hydrogen-bond donors (Lipinski definition) is 2. The molecule has 0 aliphatic rings. The second kappa shape index (κ2) is 2.35. The second-order valence-electron chi connectivity index (χ2n) is 1.87. The highest BCUT2D eigenvalue weighted by molar-refractivity contribution is 5.00. The first-order valence-corrected chi connectivity index (χ1v) is 2.70. The van der Waals surface area contributed by atoms with Gasteiger partial charge in [0.2, 0.25) is 0 Å². The Kier molecular flexibility index (Phi) is 1.53. The van der Waals surface area contributed by atoms with Gasteiger partial charge >= 0.3 is 0 Å². The summed E-state index contributed by atoms with van der Waals surface area (Å²) >= 11 is 0. The zero-order valence-corrected chi connectivity index (χ0v) is 5.09. The zero-order chi connectivity index (χ0) is 6.69. The monoisotopic (exact) mass is 123 g/mol. The predicted octanol–water partition coefficient (Wildman–Crippen LogP) is 0.425. The summed E-state index contributed by atoms with van der Waals surface area (Å²) in [5.74, 6) is 0.863. The van der Waals surface area contributed by atoms with Crippen molar-refractivity contribution in [2.45, 2.75) is 6.42 Å². The van der Waals surface area contributed by atoms with Crippen LogP contribution in [0.5, 0.6) is 0 Å². The molecule has 3 N–H and O–H groups in total. The van der Waals surface area contributed by atoms with Crippen LogP contribution in [0.4, 0.5) is 0 Å². The minimum absolute atomic E-state index is 0.630. The van der Waals surface area contributed by atoms with Gasteiger partial charge in [-0.05, 0) is 0 Å². The second-order valence-corrected chi connectivity index (χ2v) is 1.87. The fourth-order valence-electron chi connectivity index (χ4n) is 0.610. The van der Waals surface area contributed by atoms with E-state index < -0.39 is 0 Å². The van der Waals surface area contributed by atoms with E-state index in [2.05, 4.69) is 16.5 Å². The Bertz CT molecular complexity index is 188. The van der Waals surface area contributed by atoms with Crippen molar-refractivity contribution in [2.24, 2.45) is 5.73 Å². The summed E-state index contributed by atoms with van der Waals surface area (Å²) in [5.41, 5.74) is 5.96. The van der Waals surface area contributed by atoms with Crippen molar-refractivity contribution in [3.63, 3.8) is 0 Å². The largest absolute Gasteiger partial charge is 0.402 e. The van der Waals surface area contributed by atoms with Crippen LogP contribution in [0.15, 0.2) is 24.7 Å². The molecule has 3 nitrogen and oxygen atoms in total. The van der Waals surface area contributed by atoms with E-state index in [4.69, 9.17) is 5.73 Å². The van der Waals surface area contributed by atoms with Gasteiger partial charge in [-0.1, -0.05) is 6.58 Å². The van der Waals surface area contributed by atoms with Gasteiger partial charge in [0.15, 0.2) is 0 Å². The van der Waals surface area contributed by atoms with Crippen molar-refractivity contribution in [1.82, 2.24) is 9.97 Å². The number of nitrogens with zero attached hydrogens (tertiary/aromatic N) is 1. The lowest BCUT2D eigenvalue weighted by Crippen LogP contribution is -1.99. The third-order valence-corrected chi connectivity index (χ3v) is 0.949. The van der Waals surface area contributed by atoms with Crippen molar-refractivity contribution in [2.75, 3.05) is 0 Å². The Morgan fingerprint density at radius 1 is 1.89 bits per heavy atom. The smallest absolute Gasteiger partial charge is 0.111 e. The van der Waals surface area contributed by atoms with E-state index in [0.29, 0.717) is 12.1 Å². The highest BCUT2D eigenvalue weighted by Crippen LogP contribution is 1.92. The van der Waals surface area contributed by atoms with E-state index in [1.807, 2.05) is 0 Å². The van der Waals surface area contributed by atoms with Gasteiger partial charge in [-0.15, -0.1) is 0 Å². The molecule has 0 fully saturated rings. The van der Waals surface area contributed by atoms with Crippen LogP contribution in [0, 0.1) is 0 Å². The lowest BCUT2D eigenvalue weighted by molar-refractivity contribution is 0.993. The molecule has 0 bridgehead atoms. The van der Waals surface area contributed by atoms with E-state index in [-0.39, 0.29) is 0 Å². The SMILES string of the molecule is C=C(N)Cc1ncc[nH]1. The number of nitrogens with one attached hydrogen (secondary N) is 1. The summed E-state index contributed by atoms with van der Waals surface area (Å²) < 4.78 is 0. The maximum atomic E-state index is 5.33. The molecular weight excluding hydrogens is 114 g/mol. The maximum Gasteiger partial charge on any atom is 0.111 e. The molecule has 0 spiro atoms. The van der Waals surface area contributed by atoms with Crippen molar-refractivity contribution >= 4 is 0 Å². The van der Waals surface area contributed by atoms with E-state index in [9.17, 15) is 0 Å². The Balaban J connectivity index is 2.58. The number of aromatic amines is 1. The number of imidazole rings is 1. The molecule has 0 saturated heterocycles. The highest BCUT2D eigenvalue weighted by atomic mass is 14.9. The molecule has 1 rings (SSSR count). The van der Waals surface area contributed by atoms with Gasteiger partial charge < -0.3 is 10.7 Å². The van der Waals surface area contributed by atoms with Crippen LogP contribution in [0.3, 0.4) is 0 Å².